The van der Waals surface area contributed by atoms with Crippen LogP contribution >= 0.6 is 0 Å². The summed E-state index contributed by atoms with van der Waals surface area (Å²) in [6.07, 6.45) is 2.54. The molecule has 1 aromatic carbocycles. The van der Waals surface area contributed by atoms with Gasteiger partial charge in [0.15, 0.2) is 0 Å². The van der Waals surface area contributed by atoms with Gasteiger partial charge in [-0.25, -0.2) is 0 Å². The Bertz CT molecular complexity index is 799. The molecule has 0 aliphatic carbocycles. The van der Waals surface area contributed by atoms with Crippen molar-refractivity contribution in [3.8, 4) is 0 Å². The maximum Gasteiger partial charge on any atom is 0.252 e. The number of aromatic amines is 1. The van der Waals surface area contributed by atoms with Gasteiger partial charge in [0.25, 0.3) is 5.56 Å². The molecule has 1 aliphatic rings. The number of benzene rings is 1. The second-order valence-corrected chi connectivity index (χ2v) is 6.85. The molecular formula is C20H27N3O2. The van der Waals surface area contributed by atoms with Crippen LogP contribution in [0.5, 0.6) is 0 Å². The van der Waals surface area contributed by atoms with Crippen LogP contribution in [-0.4, -0.2) is 34.9 Å². The molecule has 2 aromatic rings. The van der Waals surface area contributed by atoms with Gasteiger partial charge in [-0.3, -0.25) is 9.59 Å². The number of carbonyl (C=O) groups is 1. The first-order valence-corrected chi connectivity index (χ1v) is 9.24. The van der Waals surface area contributed by atoms with Crippen LogP contribution in [-0.2, 0) is 11.3 Å². The second-order valence-electron chi connectivity index (χ2n) is 6.85. The minimum Gasteiger partial charge on any atom is -0.342 e. The summed E-state index contributed by atoms with van der Waals surface area (Å²) in [5.74, 6) is 0.673. The minimum atomic E-state index is -0.0298. The monoisotopic (exact) mass is 341 g/mol. The highest BCUT2D eigenvalue weighted by molar-refractivity contribution is 5.78. The van der Waals surface area contributed by atoms with Crippen LogP contribution in [0.3, 0.4) is 0 Å². The summed E-state index contributed by atoms with van der Waals surface area (Å²) in [6.45, 7) is 6.26. The minimum absolute atomic E-state index is 0.0298. The van der Waals surface area contributed by atoms with Gasteiger partial charge in [0.05, 0.1) is 0 Å². The number of hydrogen-bond acceptors (Lipinski definition) is 3. The van der Waals surface area contributed by atoms with Crippen molar-refractivity contribution in [2.45, 2.75) is 45.7 Å². The third-order valence-electron chi connectivity index (χ3n) is 5.30. The zero-order chi connectivity index (χ0) is 17.8. The number of hydrogen-bond donors (Lipinski definition) is 2. The normalized spacial score (nSPS) is 20.8. The average molecular weight is 341 g/mol. The predicted octanol–water partition coefficient (Wildman–Crippen LogP) is 2.65. The molecule has 5 heteroatoms. The van der Waals surface area contributed by atoms with E-state index in [1.807, 2.05) is 42.2 Å². The molecule has 1 amide bonds. The molecule has 1 aromatic heterocycles. The van der Waals surface area contributed by atoms with Gasteiger partial charge in [-0.15, -0.1) is 0 Å². The molecule has 0 spiro atoms. The van der Waals surface area contributed by atoms with Gasteiger partial charge in [-0.2, -0.15) is 0 Å². The number of amides is 1. The van der Waals surface area contributed by atoms with Crippen LogP contribution in [0.15, 0.2) is 35.1 Å². The van der Waals surface area contributed by atoms with E-state index >= 15 is 0 Å². The van der Waals surface area contributed by atoms with E-state index in [1.165, 1.54) is 0 Å². The van der Waals surface area contributed by atoms with Crippen LogP contribution in [0.25, 0.3) is 10.9 Å². The van der Waals surface area contributed by atoms with Crippen LogP contribution in [0.2, 0.25) is 0 Å². The van der Waals surface area contributed by atoms with E-state index in [2.05, 4.69) is 17.2 Å². The molecule has 134 valence electrons. The zero-order valence-corrected chi connectivity index (χ0v) is 15.0. The van der Waals surface area contributed by atoms with Gasteiger partial charge in [-0.1, -0.05) is 38.5 Å². The first-order chi connectivity index (χ1) is 12.1. The number of nitrogens with one attached hydrogen (secondary N) is 2. The third-order valence-corrected chi connectivity index (χ3v) is 5.30. The molecule has 0 bridgehead atoms. The average Bonchev–Trinajstić information content (AvgIpc) is 2.65. The molecule has 1 aliphatic heterocycles. The van der Waals surface area contributed by atoms with Crippen molar-refractivity contribution in [2.75, 3.05) is 13.1 Å². The van der Waals surface area contributed by atoms with E-state index in [0.29, 0.717) is 24.9 Å². The Kier molecular flexibility index (Phi) is 5.53. The lowest BCUT2D eigenvalue weighted by Crippen LogP contribution is -2.50. The highest BCUT2D eigenvalue weighted by Gasteiger charge is 2.29. The third kappa shape index (κ3) is 3.93. The Morgan fingerprint density at radius 1 is 1.32 bits per heavy atom. The number of para-hydroxylation sites is 1. The van der Waals surface area contributed by atoms with Crippen LogP contribution in [0, 0.1) is 5.92 Å². The number of likely N-dealkylation sites (tertiary alicyclic amines) is 1. The largest absolute Gasteiger partial charge is 0.342 e. The van der Waals surface area contributed by atoms with Gasteiger partial charge < -0.3 is 15.2 Å². The molecule has 25 heavy (non-hydrogen) atoms. The lowest BCUT2D eigenvalue weighted by Gasteiger charge is -2.38. The SMILES string of the molecule is CCC(=O)N1CC[C@H](NCc2cc3ccccc3[nH]c2=O)[C@H](CC)C1. The number of H-pyrrole nitrogens is 1. The number of pyridine rings is 1. The van der Waals surface area contributed by atoms with Gasteiger partial charge in [-0.05, 0) is 29.9 Å². The number of nitrogens with zero attached hydrogens (tertiary/aromatic N) is 1. The van der Waals surface area contributed by atoms with Gasteiger partial charge >= 0.3 is 0 Å². The number of piperidine rings is 1. The van der Waals surface area contributed by atoms with Crippen LogP contribution in [0.4, 0.5) is 0 Å². The lowest BCUT2D eigenvalue weighted by molar-refractivity contribution is -0.133. The number of fused-ring (bicyclic) bond motifs is 1. The van der Waals surface area contributed by atoms with E-state index in [0.717, 1.165) is 42.4 Å². The highest BCUT2D eigenvalue weighted by Crippen LogP contribution is 2.21. The Morgan fingerprint density at radius 3 is 2.88 bits per heavy atom. The van der Waals surface area contributed by atoms with E-state index < -0.39 is 0 Å². The maximum atomic E-state index is 12.3. The maximum absolute atomic E-state index is 12.3. The first kappa shape index (κ1) is 17.7. The molecule has 0 saturated carbocycles. The summed E-state index contributed by atoms with van der Waals surface area (Å²) in [7, 11) is 0. The summed E-state index contributed by atoms with van der Waals surface area (Å²) >= 11 is 0. The Morgan fingerprint density at radius 2 is 2.12 bits per heavy atom. The fourth-order valence-corrected chi connectivity index (χ4v) is 3.73. The van der Waals surface area contributed by atoms with Crippen LogP contribution in [0.1, 0.15) is 38.7 Å². The number of rotatable bonds is 5. The van der Waals surface area contributed by atoms with Crippen molar-refractivity contribution in [1.82, 2.24) is 15.2 Å². The lowest BCUT2D eigenvalue weighted by atomic mass is 9.89. The topological polar surface area (TPSA) is 65.2 Å². The van der Waals surface area contributed by atoms with Crippen molar-refractivity contribution in [2.24, 2.45) is 5.92 Å². The number of carbonyl (C=O) groups excluding carboxylic acids is 1. The van der Waals surface area contributed by atoms with E-state index in [1.54, 1.807) is 0 Å². The Hall–Kier alpha value is -2.14. The zero-order valence-electron chi connectivity index (χ0n) is 15.0. The fraction of sp³-hybridized carbons (Fsp3) is 0.500. The van der Waals surface area contributed by atoms with Gasteiger partial charge in [0.2, 0.25) is 5.91 Å². The summed E-state index contributed by atoms with van der Waals surface area (Å²) < 4.78 is 0. The number of aromatic nitrogens is 1. The quantitative estimate of drug-likeness (QED) is 0.879. The molecule has 1 saturated heterocycles. The van der Waals surface area contributed by atoms with Crippen LogP contribution < -0.4 is 10.9 Å². The molecule has 5 nitrogen and oxygen atoms in total. The van der Waals surface area contributed by atoms with E-state index in [9.17, 15) is 9.59 Å². The molecule has 2 N–H and O–H groups in total. The molecule has 1 fully saturated rings. The molecule has 0 unspecified atom stereocenters. The van der Waals surface area contributed by atoms with Gasteiger partial charge in [0, 0.05) is 43.2 Å². The highest BCUT2D eigenvalue weighted by atomic mass is 16.2. The fourth-order valence-electron chi connectivity index (χ4n) is 3.73. The van der Waals surface area contributed by atoms with E-state index in [4.69, 9.17) is 0 Å². The summed E-state index contributed by atoms with van der Waals surface area (Å²) in [5.41, 5.74) is 1.60. The smallest absolute Gasteiger partial charge is 0.252 e. The van der Waals surface area contributed by atoms with Gasteiger partial charge in [0.1, 0.15) is 0 Å². The predicted molar refractivity (Wildman–Crippen MR) is 100 cm³/mol. The molecule has 2 heterocycles. The summed E-state index contributed by atoms with van der Waals surface area (Å²) in [6, 6.07) is 10.1. The van der Waals surface area contributed by atoms with Crippen molar-refractivity contribution >= 4 is 16.8 Å². The summed E-state index contributed by atoms with van der Waals surface area (Å²) in [5, 5.41) is 4.61. The van der Waals surface area contributed by atoms with Crippen molar-refractivity contribution in [3.63, 3.8) is 0 Å². The molecule has 3 rings (SSSR count). The van der Waals surface area contributed by atoms with E-state index in [-0.39, 0.29) is 11.5 Å². The van der Waals surface area contributed by atoms with Crippen molar-refractivity contribution in [3.05, 3.63) is 46.2 Å². The Labute approximate surface area is 148 Å². The summed E-state index contributed by atoms with van der Waals surface area (Å²) in [4.78, 5) is 29.2. The molecular weight excluding hydrogens is 314 g/mol. The standard InChI is InChI=1S/C20H27N3O2/c1-3-14-13-23(19(24)4-2)10-9-17(14)21-12-16-11-15-7-5-6-8-18(15)22-20(16)25/h5-8,11,14,17,21H,3-4,9-10,12-13H2,1-2H3,(H,22,25)/t14-,17+/m1/s1. The first-order valence-electron chi connectivity index (χ1n) is 9.24. The Balaban J connectivity index is 1.68. The molecule has 2 atom stereocenters. The second kappa shape index (κ2) is 7.83. The van der Waals surface area contributed by atoms with Crippen molar-refractivity contribution in [1.29, 1.82) is 0 Å². The van der Waals surface area contributed by atoms with Crippen molar-refractivity contribution < 1.29 is 4.79 Å². The molecule has 0 radical (unpaired) electrons.